The van der Waals surface area contributed by atoms with Gasteiger partial charge in [-0.3, -0.25) is 4.79 Å². The maximum Gasteiger partial charge on any atom is 0.337 e. The van der Waals surface area contributed by atoms with E-state index < -0.39 is 27.5 Å². The minimum absolute atomic E-state index is 0.0629. The summed E-state index contributed by atoms with van der Waals surface area (Å²) in [6.07, 6.45) is 0. The van der Waals surface area contributed by atoms with Gasteiger partial charge in [0, 0.05) is 13.1 Å². The number of aromatic carboxylic acids is 1. The molecule has 0 atom stereocenters. The number of rotatable bonds is 5. The lowest BCUT2D eigenvalue weighted by Crippen LogP contribution is -2.37. The van der Waals surface area contributed by atoms with Gasteiger partial charge in [-0.2, -0.15) is 0 Å². The Hall–Kier alpha value is -1.60. The van der Waals surface area contributed by atoms with Gasteiger partial charge < -0.3 is 10.0 Å². The van der Waals surface area contributed by atoms with Gasteiger partial charge in [-0.05, 0) is 32.0 Å². The van der Waals surface area contributed by atoms with Gasteiger partial charge in [0.25, 0.3) is 0 Å². The lowest BCUT2D eigenvalue weighted by atomic mass is 10.2. The minimum atomic E-state index is -3.92. The van der Waals surface area contributed by atoms with Crippen LogP contribution in [-0.4, -0.2) is 49.1 Å². The van der Waals surface area contributed by atoms with E-state index in [1.165, 1.54) is 24.1 Å². The van der Waals surface area contributed by atoms with Gasteiger partial charge in [0.15, 0.2) is 9.84 Å². The van der Waals surface area contributed by atoms with Crippen LogP contribution in [0.15, 0.2) is 23.1 Å². The molecule has 6 nitrogen and oxygen atoms in total. The van der Waals surface area contributed by atoms with Crippen molar-refractivity contribution in [2.45, 2.75) is 24.8 Å². The van der Waals surface area contributed by atoms with Crippen LogP contribution in [0, 0.1) is 0 Å². The number of halogens is 1. The van der Waals surface area contributed by atoms with E-state index >= 15 is 0 Å². The van der Waals surface area contributed by atoms with Gasteiger partial charge >= 0.3 is 5.97 Å². The number of sulfone groups is 1. The standard InChI is InChI=1S/C13H16ClNO5S/c1-8(2)15(3)12(16)7-21(19,20)9-4-5-11(14)10(6-9)13(17)18/h4-6,8H,7H2,1-3H3,(H,17,18). The molecule has 0 aliphatic heterocycles. The highest BCUT2D eigenvalue weighted by atomic mass is 35.5. The smallest absolute Gasteiger partial charge is 0.337 e. The molecule has 0 aliphatic carbocycles. The maximum atomic E-state index is 12.2. The number of carbonyl (C=O) groups excluding carboxylic acids is 1. The Morgan fingerprint density at radius 1 is 1.33 bits per heavy atom. The third-order valence-electron chi connectivity index (χ3n) is 3.01. The largest absolute Gasteiger partial charge is 0.478 e. The quantitative estimate of drug-likeness (QED) is 0.885. The van der Waals surface area contributed by atoms with Crippen molar-refractivity contribution in [2.75, 3.05) is 12.8 Å². The molecule has 0 aromatic heterocycles. The zero-order valence-electron chi connectivity index (χ0n) is 11.8. The van der Waals surface area contributed by atoms with E-state index in [2.05, 4.69) is 0 Å². The molecule has 0 unspecified atom stereocenters. The molecule has 0 aliphatic rings. The second-order valence-electron chi connectivity index (χ2n) is 4.80. The molecule has 1 aromatic rings. The van der Waals surface area contributed by atoms with Crippen molar-refractivity contribution in [3.8, 4) is 0 Å². The molecule has 1 rings (SSSR count). The van der Waals surface area contributed by atoms with Gasteiger partial charge in [-0.25, -0.2) is 13.2 Å². The Morgan fingerprint density at radius 2 is 1.90 bits per heavy atom. The Labute approximate surface area is 128 Å². The van der Waals surface area contributed by atoms with Gasteiger partial charge in [-0.15, -0.1) is 0 Å². The topological polar surface area (TPSA) is 91.8 Å². The number of benzene rings is 1. The third kappa shape index (κ3) is 4.18. The van der Waals surface area contributed by atoms with E-state index in [1.807, 2.05) is 0 Å². The summed E-state index contributed by atoms with van der Waals surface area (Å²) in [6, 6.07) is 3.21. The van der Waals surface area contributed by atoms with Gasteiger partial charge in [0.05, 0.1) is 15.5 Å². The average Bonchev–Trinajstić information content (AvgIpc) is 2.36. The van der Waals surface area contributed by atoms with Crippen molar-refractivity contribution in [1.29, 1.82) is 0 Å². The highest BCUT2D eigenvalue weighted by Gasteiger charge is 2.24. The number of carboxylic acid groups (broad SMARTS) is 1. The Kier molecular flexibility index (Phi) is 5.36. The van der Waals surface area contributed by atoms with Crippen LogP contribution >= 0.6 is 11.6 Å². The summed E-state index contributed by atoms with van der Waals surface area (Å²) in [6.45, 7) is 3.52. The van der Waals surface area contributed by atoms with E-state index in [1.54, 1.807) is 13.8 Å². The lowest BCUT2D eigenvalue weighted by molar-refractivity contribution is -0.128. The van der Waals surface area contributed by atoms with Crippen LogP contribution in [0.5, 0.6) is 0 Å². The van der Waals surface area contributed by atoms with Crippen molar-refractivity contribution in [2.24, 2.45) is 0 Å². The third-order valence-corrected chi connectivity index (χ3v) is 4.94. The Morgan fingerprint density at radius 3 is 2.38 bits per heavy atom. The van der Waals surface area contributed by atoms with E-state index in [0.717, 1.165) is 6.07 Å². The fourth-order valence-corrected chi connectivity index (χ4v) is 2.96. The van der Waals surface area contributed by atoms with E-state index in [9.17, 15) is 18.0 Å². The number of amides is 1. The molecule has 1 amide bonds. The summed E-state index contributed by atoms with van der Waals surface area (Å²) in [5.74, 6) is -2.61. The first-order chi connectivity index (χ1) is 9.56. The molecule has 1 aromatic carbocycles. The van der Waals surface area contributed by atoms with Crippen LogP contribution in [0.4, 0.5) is 0 Å². The van der Waals surface area contributed by atoms with Crippen LogP contribution < -0.4 is 0 Å². The van der Waals surface area contributed by atoms with Crippen LogP contribution in [0.2, 0.25) is 5.02 Å². The monoisotopic (exact) mass is 333 g/mol. The summed E-state index contributed by atoms with van der Waals surface area (Å²) < 4.78 is 24.3. The first-order valence-corrected chi connectivity index (χ1v) is 8.10. The highest BCUT2D eigenvalue weighted by molar-refractivity contribution is 7.92. The summed E-state index contributed by atoms with van der Waals surface area (Å²) in [5, 5.41) is 8.88. The summed E-state index contributed by atoms with van der Waals surface area (Å²) in [5.41, 5.74) is -0.317. The lowest BCUT2D eigenvalue weighted by Gasteiger charge is -2.21. The fraction of sp³-hybridized carbons (Fsp3) is 0.385. The van der Waals surface area contributed by atoms with Crippen LogP contribution in [-0.2, 0) is 14.6 Å². The van der Waals surface area contributed by atoms with Crippen molar-refractivity contribution >= 4 is 33.3 Å². The Balaban J connectivity index is 3.12. The molecule has 0 saturated heterocycles. The second kappa shape index (κ2) is 6.44. The number of carboxylic acids is 1. The SMILES string of the molecule is CC(C)N(C)C(=O)CS(=O)(=O)c1ccc(Cl)c(C(=O)O)c1. The molecule has 116 valence electrons. The minimum Gasteiger partial charge on any atom is -0.478 e. The molecular formula is C13H16ClNO5S. The number of hydrogen-bond acceptors (Lipinski definition) is 4. The molecule has 1 N–H and O–H groups in total. The summed E-state index contributed by atoms with van der Waals surface area (Å²) in [4.78, 5) is 23.9. The molecule has 21 heavy (non-hydrogen) atoms. The van der Waals surface area contributed by atoms with Gasteiger partial charge in [0.1, 0.15) is 5.75 Å². The second-order valence-corrected chi connectivity index (χ2v) is 7.20. The van der Waals surface area contributed by atoms with Gasteiger partial charge in [-0.1, -0.05) is 11.6 Å². The van der Waals surface area contributed by atoms with Crippen LogP contribution in [0.1, 0.15) is 24.2 Å². The molecule has 0 bridgehead atoms. The van der Waals surface area contributed by atoms with Crippen LogP contribution in [0.25, 0.3) is 0 Å². The van der Waals surface area contributed by atoms with Crippen molar-refractivity contribution in [1.82, 2.24) is 4.90 Å². The fourth-order valence-electron chi connectivity index (χ4n) is 1.50. The summed E-state index contributed by atoms with van der Waals surface area (Å²) in [7, 11) is -2.42. The van der Waals surface area contributed by atoms with Crippen molar-refractivity contribution in [3.63, 3.8) is 0 Å². The Bertz CT molecular complexity index is 669. The summed E-state index contributed by atoms with van der Waals surface area (Å²) >= 11 is 5.69. The molecule has 0 saturated carbocycles. The normalized spacial score (nSPS) is 11.5. The van der Waals surface area contributed by atoms with Gasteiger partial charge in [0.2, 0.25) is 5.91 Å². The van der Waals surface area contributed by atoms with E-state index in [-0.39, 0.29) is 21.5 Å². The maximum absolute atomic E-state index is 12.2. The van der Waals surface area contributed by atoms with E-state index in [4.69, 9.17) is 16.7 Å². The zero-order valence-corrected chi connectivity index (χ0v) is 13.4. The highest BCUT2D eigenvalue weighted by Crippen LogP contribution is 2.21. The predicted octanol–water partition coefficient (Wildman–Crippen LogP) is 1.68. The first kappa shape index (κ1) is 17.5. The van der Waals surface area contributed by atoms with Crippen LogP contribution in [0.3, 0.4) is 0 Å². The molecule has 0 radical (unpaired) electrons. The van der Waals surface area contributed by atoms with Crippen molar-refractivity contribution < 1.29 is 23.1 Å². The molecular weight excluding hydrogens is 318 g/mol. The first-order valence-electron chi connectivity index (χ1n) is 6.07. The molecule has 8 heteroatoms. The predicted molar refractivity (Wildman–Crippen MR) is 78.4 cm³/mol. The molecule has 0 heterocycles. The van der Waals surface area contributed by atoms with Crippen molar-refractivity contribution in [3.05, 3.63) is 28.8 Å². The number of hydrogen-bond donors (Lipinski definition) is 1. The van der Waals surface area contributed by atoms with E-state index in [0.29, 0.717) is 0 Å². The zero-order chi connectivity index (χ0) is 16.4. The molecule has 0 fully saturated rings. The number of carbonyl (C=O) groups is 2. The number of nitrogens with zero attached hydrogens (tertiary/aromatic N) is 1. The molecule has 0 spiro atoms. The average molecular weight is 334 g/mol.